The van der Waals surface area contributed by atoms with Crippen LogP contribution in [0.15, 0.2) is 24.3 Å². The van der Waals surface area contributed by atoms with Crippen LogP contribution < -0.4 is 0 Å². The number of hydrogen-bond acceptors (Lipinski definition) is 8. The van der Waals surface area contributed by atoms with Gasteiger partial charge >= 0.3 is 0 Å². The molecule has 0 saturated heterocycles. The maximum absolute atomic E-state index is 10.4. The van der Waals surface area contributed by atoms with Crippen molar-refractivity contribution in [3.05, 3.63) is 24.3 Å². The second-order valence-electron chi connectivity index (χ2n) is 21.3. The minimum absolute atomic E-state index is 0.0183. The fourth-order valence-corrected chi connectivity index (χ4v) is 5.94. The fraction of sp³-hybridized carbons (Fsp3) is 0.800. The van der Waals surface area contributed by atoms with Crippen molar-refractivity contribution in [1.29, 1.82) is 0 Å². The summed E-state index contributed by atoms with van der Waals surface area (Å²) in [5, 5.41) is 0. The number of carbonyl (C=O) groups excluding carboxylic acids is 8. The Morgan fingerprint density at radius 1 is 0.368 bits per heavy atom. The Morgan fingerprint density at radius 3 is 0.721 bits per heavy atom. The zero-order valence-electron chi connectivity index (χ0n) is 48.8. The molecule has 68 heavy (non-hydrogen) atoms. The lowest BCUT2D eigenvalue weighted by Gasteiger charge is -2.33. The third-order valence-electron chi connectivity index (χ3n) is 10.9. The van der Waals surface area contributed by atoms with Crippen LogP contribution in [-0.2, 0) is 38.4 Å². The number of rotatable bonds is 16. The summed E-state index contributed by atoms with van der Waals surface area (Å²) < 4.78 is 0. The predicted octanol–water partition coefficient (Wildman–Crippen LogP) is 17.7. The third-order valence-corrected chi connectivity index (χ3v) is 10.9. The molecule has 0 spiro atoms. The highest BCUT2D eigenvalue weighted by Crippen LogP contribution is 2.39. The van der Waals surface area contributed by atoms with E-state index < -0.39 is 0 Å². The molecular formula is C60H114O8. The molecule has 8 heteroatoms. The summed E-state index contributed by atoms with van der Waals surface area (Å²) in [6, 6.07) is 0. The lowest BCUT2D eigenvalue weighted by atomic mass is 9.72. The van der Waals surface area contributed by atoms with Crippen LogP contribution in [0.3, 0.4) is 0 Å². The van der Waals surface area contributed by atoms with Crippen molar-refractivity contribution in [3.63, 3.8) is 0 Å². The SMILES string of the molecule is C=C(CC(C)=O)C(C)=O.CC(=O)C=CC(C)=O.CC(=O)CC(C)=O.CC(=O)CCC(C)=O.CC1(C)CCC1.CC1(C)CCCC1.CC1(C)CCCCC1.CCCC.CCCCC.CCCCCC. The van der Waals surface area contributed by atoms with Crippen molar-refractivity contribution in [1.82, 2.24) is 0 Å². The van der Waals surface area contributed by atoms with Gasteiger partial charge in [0, 0.05) is 19.3 Å². The number of ketones is 8. The molecule has 3 aliphatic rings. The monoisotopic (exact) mass is 963 g/mol. The van der Waals surface area contributed by atoms with Crippen LogP contribution in [0.2, 0.25) is 0 Å². The highest BCUT2D eigenvalue weighted by atomic mass is 16.2. The van der Waals surface area contributed by atoms with Crippen molar-refractivity contribution < 1.29 is 38.4 Å². The Hall–Kier alpha value is -3.16. The van der Waals surface area contributed by atoms with Gasteiger partial charge in [-0.3, -0.25) is 28.8 Å². The lowest BCUT2D eigenvalue weighted by Crippen LogP contribution is -2.20. The molecule has 0 bridgehead atoms. The zero-order chi connectivity index (χ0) is 54.8. The molecule has 402 valence electrons. The van der Waals surface area contributed by atoms with Gasteiger partial charge in [0.25, 0.3) is 0 Å². The molecule has 0 unspecified atom stereocenters. The van der Waals surface area contributed by atoms with Crippen LogP contribution in [0.25, 0.3) is 0 Å². The van der Waals surface area contributed by atoms with Gasteiger partial charge < -0.3 is 9.59 Å². The number of unbranched alkanes of at least 4 members (excludes halogenated alkanes) is 6. The van der Waals surface area contributed by atoms with Gasteiger partial charge in [-0.1, -0.05) is 186 Å². The van der Waals surface area contributed by atoms with Crippen molar-refractivity contribution in [2.45, 2.75) is 299 Å². The van der Waals surface area contributed by atoms with Crippen molar-refractivity contribution >= 4 is 46.3 Å². The average molecular weight is 964 g/mol. The molecule has 8 nitrogen and oxygen atoms in total. The summed E-state index contributed by atoms with van der Waals surface area (Å²) in [6.45, 7) is 42.3. The van der Waals surface area contributed by atoms with E-state index in [4.69, 9.17) is 0 Å². The van der Waals surface area contributed by atoms with Crippen molar-refractivity contribution in [2.24, 2.45) is 16.2 Å². The molecule has 0 N–H and O–H groups in total. The van der Waals surface area contributed by atoms with E-state index in [1.54, 1.807) is 0 Å². The van der Waals surface area contributed by atoms with Gasteiger partial charge in [-0.05, 0) is 128 Å². The topological polar surface area (TPSA) is 137 Å². The van der Waals surface area contributed by atoms with Gasteiger partial charge in [0.05, 0.1) is 6.42 Å². The van der Waals surface area contributed by atoms with Crippen LogP contribution in [-0.4, -0.2) is 46.3 Å². The number of hydrogen-bond donors (Lipinski definition) is 0. The molecule has 3 rings (SSSR count). The molecule has 3 saturated carbocycles. The minimum Gasteiger partial charge on any atom is -0.300 e. The standard InChI is InChI=1S/C8H16.C7H10O2.C7H14.C6H10O2.C6H8O2.C6H12.C6H14.C5H8O2.C5H12.C4H10/c1-8(2)6-4-3-5-7-8;1-5(7(3)9)4-6(2)8;1-7(2)5-3-4-6-7;2*1-5(7)3-4-6(2)8;1-6(2)4-3-5-6;1-3-5-6-4-2;1-4(6)3-5(2)7;1-3-5-4-2;1-3-4-2/h3-7H2,1-2H3;1,4H2,2-3H3;3-6H2,1-2H3;3-4H2,1-2H3;3-4H,1-2H3;3-5H2,1-2H3;3-6H2,1-2H3;3H2,1-2H3;3-5H2,1-2H3;3-4H2,1-2H3. The minimum atomic E-state index is -0.106. The molecule has 0 atom stereocenters. The maximum Gasteiger partial charge on any atom is 0.155 e. The lowest BCUT2D eigenvalue weighted by molar-refractivity contribution is -0.125. The first-order valence-corrected chi connectivity index (χ1v) is 26.6. The molecule has 0 amide bonds. The smallest absolute Gasteiger partial charge is 0.155 e. The van der Waals surface area contributed by atoms with Crippen molar-refractivity contribution in [3.8, 4) is 0 Å². The summed E-state index contributed by atoms with van der Waals surface area (Å²) in [5.74, 6) is -0.277. The molecule has 0 radical (unpaired) electrons. The summed E-state index contributed by atoms with van der Waals surface area (Å²) in [4.78, 5) is 81.4. The fourth-order valence-electron chi connectivity index (χ4n) is 5.94. The number of Topliss-reactive ketones (excluding diaryl/α,β-unsaturated/α-hetero) is 6. The molecular weight excluding hydrogens is 849 g/mol. The van der Waals surface area contributed by atoms with Gasteiger partial charge in [0.15, 0.2) is 17.3 Å². The van der Waals surface area contributed by atoms with Crippen LogP contribution in [0, 0.1) is 16.2 Å². The number of allylic oxidation sites excluding steroid dienone is 3. The Morgan fingerprint density at radius 2 is 0.632 bits per heavy atom. The molecule has 0 aliphatic heterocycles. The highest BCUT2D eigenvalue weighted by Gasteiger charge is 2.25. The third kappa shape index (κ3) is 89.4. The summed E-state index contributed by atoms with van der Waals surface area (Å²) in [6.07, 6.45) is 33.3. The molecule has 3 fully saturated rings. The first-order valence-electron chi connectivity index (χ1n) is 26.6. The normalized spacial score (nSPS) is 14.8. The van der Waals surface area contributed by atoms with Gasteiger partial charge in [-0.15, -0.1) is 0 Å². The molecule has 0 aromatic rings. The van der Waals surface area contributed by atoms with E-state index in [0.717, 1.165) is 5.41 Å². The second kappa shape index (κ2) is 53.2. The maximum atomic E-state index is 10.4. The Balaban J connectivity index is -0.000000122. The van der Waals surface area contributed by atoms with Crippen LogP contribution >= 0.6 is 0 Å². The van der Waals surface area contributed by atoms with Crippen LogP contribution in [0.1, 0.15) is 299 Å². The van der Waals surface area contributed by atoms with Gasteiger partial charge in [0.1, 0.15) is 28.9 Å². The predicted molar refractivity (Wildman–Crippen MR) is 295 cm³/mol. The van der Waals surface area contributed by atoms with E-state index in [-0.39, 0.29) is 59.1 Å². The van der Waals surface area contributed by atoms with E-state index in [1.165, 1.54) is 202 Å². The van der Waals surface area contributed by atoms with Crippen molar-refractivity contribution in [2.75, 3.05) is 0 Å². The molecule has 0 aromatic heterocycles. The average Bonchev–Trinajstić information content (AvgIpc) is 3.63. The quantitative estimate of drug-likeness (QED) is 0.0847. The van der Waals surface area contributed by atoms with Gasteiger partial charge in [-0.25, -0.2) is 0 Å². The Bertz CT molecular complexity index is 1270. The Labute approximate surface area is 422 Å². The zero-order valence-corrected chi connectivity index (χ0v) is 48.8. The van der Waals surface area contributed by atoms with Gasteiger partial charge in [0.2, 0.25) is 0 Å². The van der Waals surface area contributed by atoms with Gasteiger partial charge in [-0.2, -0.15) is 0 Å². The molecule has 0 heterocycles. The van der Waals surface area contributed by atoms with Crippen LogP contribution in [0.4, 0.5) is 0 Å². The van der Waals surface area contributed by atoms with E-state index in [0.29, 0.717) is 29.2 Å². The van der Waals surface area contributed by atoms with E-state index in [9.17, 15) is 38.4 Å². The number of carbonyl (C=O) groups is 8. The van der Waals surface area contributed by atoms with E-state index in [2.05, 4.69) is 89.7 Å². The first-order chi connectivity index (χ1) is 31.3. The molecule has 3 aliphatic carbocycles. The summed E-state index contributed by atoms with van der Waals surface area (Å²) >= 11 is 0. The Kier molecular flexibility index (Phi) is 61.8. The molecule has 0 aromatic carbocycles. The second-order valence-corrected chi connectivity index (χ2v) is 21.3. The highest BCUT2D eigenvalue weighted by molar-refractivity contribution is 5.98. The summed E-state index contributed by atoms with van der Waals surface area (Å²) in [7, 11) is 0. The summed E-state index contributed by atoms with van der Waals surface area (Å²) in [5.41, 5.74) is 2.49. The van der Waals surface area contributed by atoms with E-state index >= 15 is 0 Å². The first kappa shape index (κ1) is 79.0. The largest absolute Gasteiger partial charge is 0.300 e. The van der Waals surface area contributed by atoms with E-state index in [1.807, 2.05) is 0 Å². The van der Waals surface area contributed by atoms with Crippen LogP contribution in [0.5, 0.6) is 0 Å².